The zero-order valence-corrected chi connectivity index (χ0v) is 14.8. The van der Waals surface area contributed by atoms with Gasteiger partial charge in [-0.05, 0) is 12.1 Å². The van der Waals surface area contributed by atoms with Crippen LogP contribution in [0.1, 0.15) is 31.3 Å². The minimum Gasteiger partial charge on any atom is -0.497 e. The zero-order valence-electron chi connectivity index (χ0n) is 14.0. The van der Waals surface area contributed by atoms with Gasteiger partial charge in [-0.3, -0.25) is 0 Å². The highest BCUT2D eigenvalue weighted by Gasteiger charge is 2.21. The quantitative estimate of drug-likeness (QED) is 0.843. The molecule has 0 bridgehead atoms. The largest absolute Gasteiger partial charge is 0.497 e. The van der Waals surface area contributed by atoms with Crippen molar-refractivity contribution < 1.29 is 9.47 Å². The number of methoxy groups -OCH3 is 2. The summed E-state index contributed by atoms with van der Waals surface area (Å²) in [6.45, 7) is 7.13. The third-order valence-corrected chi connectivity index (χ3v) is 4.75. The molecule has 2 rings (SSSR count). The van der Waals surface area contributed by atoms with Gasteiger partial charge in [0.25, 0.3) is 0 Å². The Balaban J connectivity index is 2.18. The van der Waals surface area contributed by atoms with Gasteiger partial charge < -0.3 is 14.4 Å². The summed E-state index contributed by atoms with van der Waals surface area (Å²) in [4.78, 5) is 2.08. The van der Waals surface area contributed by atoms with E-state index in [1.165, 1.54) is 0 Å². The highest BCUT2D eigenvalue weighted by molar-refractivity contribution is 7.15. The predicted octanol–water partition coefficient (Wildman–Crippen LogP) is 3.49. The number of benzene rings is 1. The second-order valence-electron chi connectivity index (χ2n) is 6.17. The van der Waals surface area contributed by atoms with E-state index >= 15 is 0 Å². The summed E-state index contributed by atoms with van der Waals surface area (Å²) in [5, 5.41) is 10.5. The van der Waals surface area contributed by atoms with E-state index in [0.717, 1.165) is 27.2 Å². The molecule has 120 valence electrons. The Bertz CT molecular complexity index is 635. The number of ether oxygens (including phenoxy) is 2. The third-order valence-electron chi connectivity index (χ3n) is 3.28. The second-order valence-corrected chi connectivity index (χ2v) is 7.13. The van der Waals surface area contributed by atoms with E-state index in [4.69, 9.17) is 9.47 Å². The van der Waals surface area contributed by atoms with Gasteiger partial charge in [0, 0.05) is 30.6 Å². The third kappa shape index (κ3) is 3.68. The Morgan fingerprint density at radius 1 is 1.14 bits per heavy atom. The molecule has 0 saturated heterocycles. The van der Waals surface area contributed by atoms with E-state index in [0.29, 0.717) is 6.54 Å². The number of anilines is 1. The molecule has 0 aliphatic carbocycles. The lowest BCUT2D eigenvalue weighted by molar-refractivity contribution is 0.391. The summed E-state index contributed by atoms with van der Waals surface area (Å²) in [5.41, 5.74) is 1.10. The number of rotatable bonds is 5. The van der Waals surface area contributed by atoms with Crippen LogP contribution in [0.15, 0.2) is 18.2 Å². The van der Waals surface area contributed by atoms with Crippen LogP contribution in [0.5, 0.6) is 11.5 Å². The molecule has 0 unspecified atom stereocenters. The molecule has 0 saturated carbocycles. The van der Waals surface area contributed by atoms with Crippen molar-refractivity contribution >= 4 is 16.5 Å². The summed E-state index contributed by atoms with van der Waals surface area (Å²) >= 11 is 1.63. The summed E-state index contributed by atoms with van der Waals surface area (Å²) in [6, 6.07) is 5.84. The van der Waals surface area contributed by atoms with E-state index in [9.17, 15) is 0 Å². The van der Waals surface area contributed by atoms with Crippen molar-refractivity contribution in [1.29, 1.82) is 0 Å². The average Bonchev–Trinajstić information content (AvgIpc) is 2.97. The molecule has 2 aromatic rings. The van der Waals surface area contributed by atoms with Gasteiger partial charge in [-0.25, -0.2) is 0 Å². The molecule has 0 amide bonds. The van der Waals surface area contributed by atoms with Gasteiger partial charge in [0.05, 0.1) is 14.2 Å². The number of aromatic nitrogens is 2. The van der Waals surface area contributed by atoms with E-state index in [1.807, 2.05) is 25.2 Å². The predicted molar refractivity (Wildman–Crippen MR) is 90.3 cm³/mol. The first-order valence-corrected chi connectivity index (χ1v) is 7.93. The van der Waals surface area contributed by atoms with Crippen LogP contribution in [-0.2, 0) is 12.0 Å². The molecule has 1 aromatic carbocycles. The van der Waals surface area contributed by atoms with Crippen molar-refractivity contribution in [2.45, 2.75) is 32.7 Å². The Labute approximate surface area is 135 Å². The van der Waals surface area contributed by atoms with Crippen LogP contribution in [-0.4, -0.2) is 31.5 Å². The van der Waals surface area contributed by atoms with Crippen LogP contribution < -0.4 is 14.4 Å². The smallest absolute Gasteiger partial charge is 0.208 e. The van der Waals surface area contributed by atoms with Gasteiger partial charge in [-0.15, -0.1) is 10.2 Å². The number of hydrogen-bond acceptors (Lipinski definition) is 6. The van der Waals surface area contributed by atoms with Crippen LogP contribution in [0.4, 0.5) is 5.13 Å². The molecule has 6 heteroatoms. The Kier molecular flexibility index (Phi) is 4.90. The molecular weight excluding hydrogens is 298 g/mol. The molecule has 0 fully saturated rings. The van der Waals surface area contributed by atoms with Crippen molar-refractivity contribution in [2.75, 3.05) is 26.2 Å². The van der Waals surface area contributed by atoms with Gasteiger partial charge in [-0.2, -0.15) is 0 Å². The average molecular weight is 321 g/mol. The lowest BCUT2D eigenvalue weighted by atomic mass is 9.98. The lowest BCUT2D eigenvalue weighted by Gasteiger charge is -2.18. The van der Waals surface area contributed by atoms with Crippen LogP contribution in [0.25, 0.3) is 0 Å². The molecule has 0 atom stereocenters. The number of hydrogen-bond donors (Lipinski definition) is 0. The molecule has 22 heavy (non-hydrogen) atoms. The van der Waals surface area contributed by atoms with E-state index < -0.39 is 0 Å². The van der Waals surface area contributed by atoms with Gasteiger partial charge in [-0.1, -0.05) is 32.1 Å². The Hall–Kier alpha value is -1.82. The van der Waals surface area contributed by atoms with Crippen LogP contribution in [0.3, 0.4) is 0 Å². The van der Waals surface area contributed by atoms with Crippen LogP contribution in [0.2, 0.25) is 0 Å². The van der Waals surface area contributed by atoms with E-state index in [2.05, 4.69) is 35.9 Å². The SMILES string of the molecule is COc1ccc(CN(C)c2nnc(C(C)(C)C)s2)c(OC)c1. The first kappa shape index (κ1) is 16.5. The van der Waals surface area contributed by atoms with Crippen molar-refractivity contribution in [2.24, 2.45) is 0 Å². The molecular formula is C16H23N3O2S. The summed E-state index contributed by atoms with van der Waals surface area (Å²) in [6.07, 6.45) is 0. The minimum absolute atomic E-state index is 0.0224. The second kappa shape index (κ2) is 6.52. The van der Waals surface area contributed by atoms with Crippen molar-refractivity contribution in [1.82, 2.24) is 10.2 Å². The van der Waals surface area contributed by atoms with Crippen LogP contribution >= 0.6 is 11.3 Å². The topological polar surface area (TPSA) is 47.5 Å². The summed E-state index contributed by atoms with van der Waals surface area (Å²) in [5.74, 6) is 1.60. The molecule has 0 aliphatic rings. The molecule has 0 radical (unpaired) electrons. The fourth-order valence-electron chi connectivity index (χ4n) is 1.98. The minimum atomic E-state index is 0.0224. The molecule has 0 N–H and O–H groups in total. The molecule has 1 aromatic heterocycles. The van der Waals surface area contributed by atoms with Crippen molar-refractivity contribution in [3.63, 3.8) is 0 Å². The first-order valence-electron chi connectivity index (χ1n) is 7.11. The fourth-order valence-corrected chi connectivity index (χ4v) is 2.84. The van der Waals surface area contributed by atoms with Gasteiger partial charge in [0.1, 0.15) is 16.5 Å². The molecule has 0 spiro atoms. The Morgan fingerprint density at radius 2 is 1.86 bits per heavy atom. The summed E-state index contributed by atoms with van der Waals surface area (Å²) < 4.78 is 10.7. The summed E-state index contributed by atoms with van der Waals surface area (Å²) in [7, 11) is 5.33. The normalized spacial score (nSPS) is 11.4. The van der Waals surface area contributed by atoms with Crippen LogP contribution in [0, 0.1) is 0 Å². The molecule has 0 aliphatic heterocycles. The molecule has 5 nitrogen and oxygen atoms in total. The lowest BCUT2D eigenvalue weighted by Crippen LogP contribution is -2.16. The maximum atomic E-state index is 5.44. The maximum Gasteiger partial charge on any atom is 0.208 e. The van der Waals surface area contributed by atoms with Crippen molar-refractivity contribution in [3.05, 3.63) is 28.8 Å². The van der Waals surface area contributed by atoms with Gasteiger partial charge >= 0.3 is 0 Å². The number of nitrogens with zero attached hydrogens (tertiary/aromatic N) is 3. The highest BCUT2D eigenvalue weighted by Crippen LogP contribution is 2.31. The standard InChI is InChI=1S/C16H23N3O2S/c1-16(2,3)14-17-18-15(22-14)19(4)10-11-7-8-12(20-5)9-13(11)21-6/h7-9H,10H2,1-6H3. The molecule has 1 heterocycles. The monoisotopic (exact) mass is 321 g/mol. The van der Waals surface area contributed by atoms with E-state index in [1.54, 1.807) is 25.6 Å². The highest BCUT2D eigenvalue weighted by atomic mass is 32.1. The Morgan fingerprint density at radius 3 is 2.41 bits per heavy atom. The van der Waals surface area contributed by atoms with Gasteiger partial charge in [0.2, 0.25) is 5.13 Å². The van der Waals surface area contributed by atoms with E-state index in [-0.39, 0.29) is 5.41 Å². The fraction of sp³-hybridized carbons (Fsp3) is 0.500. The van der Waals surface area contributed by atoms with Gasteiger partial charge in [0.15, 0.2) is 0 Å². The maximum absolute atomic E-state index is 5.44. The van der Waals surface area contributed by atoms with Crippen molar-refractivity contribution in [3.8, 4) is 11.5 Å². The first-order chi connectivity index (χ1) is 10.3. The zero-order chi connectivity index (χ0) is 16.3.